The summed E-state index contributed by atoms with van der Waals surface area (Å²) < 4.78 is 0. The van der Waals surface area contributed by atoms with Crippen LogP contribution in [-0.4, -0.2) is 18.5 Å². The van der Waals surface area contributed by atoms with Gasteiger partial charge < -0.3 is 10.6 Å². The highest BCUT2D eigenvalue weighted by atomic mass is 16.1. The lowest BCUT2D eigenvalue weighted by Crippen LogP contribution is -2.48. The minimum absolute atomic E-state index is 0.192. The third kappa shape index (κ3) is 3.00. The highest BCUT2D eigenvalue weighted by Gasteiger charge is 2.34. The second-order valence-corrected chi connectivity index (χ2v) is 6.22. The van der Waals surface area contributed by atoms with E-state index >= 15 is 0 Å². The highest BCUT2D eigenvalue weighted by Crippen LogP contribution is 2.31. The molecule has 1 unspecified atom stereocenters. The predicted molar refractivity (Wildman–Crippen MR) is 90.7 cm³/mol. The van der Waals surface area contributed by atoms with Gasteiger partial charge in [0.2, 0.25) is 5.91 Å². The van der Waals surface area contributed by atoms with Crippen LogP contribution < -0.4 is 10.6 Å². The van der Waals surface area contributed by atoms with Gasteiger partial charge in [-0.3, -0.25) is 4.79 Å². The SMILES string of the molecule is CCNC(=O)C1CC(NC(C)c2cccc3ccccc23)C1. The zero-order chi connectivity index (χ0) is 15.5. The molecule has 3 heteroatoms. The van der Waals surface area contributed by atoms with Gasteiger partial charge in [-0.15, -0.1) is 0 Å². The Kier molecular flexibility index (Phi) is 4.44. The maximum absolute atomic E-state index is 11.8. The van der Waals surface area contributed by atoms with Crippen LogP contribution >= 0.6 is 0 Å². The Morgan fingerprint density at radius 3 is 2.68 bits per heavy atom. The number of carbonyl (C=O) groups excluding carboxylic acids is 1. The Balaban J connectivity index is 1.63. The van der Waals surface area contributed by atoms with Crippen molar-refractivity contribution in [1.82, 2.24) is 10.6 Å². The van der Waals surface area contributed by atoms with Crippen LogP contribution in [0.25, 0.3) is 10.8 Å². The highest BCUT2D eigenvalue weighted by molar-refractivity contribution is 5.86. The topological polar surface area (TPSA) is 41.1 Å². The molecule has 1 saturated carbocycles. The van der Waals surface area contributed by atoms with E-state index in [0.717, 1.165) is 19.4 Å². The van der Waals surface area contributed by atoms with Crippen molar-refractivity contribution in [3.05, 3.63) is 48.0 Å². The van der Waals surface area contributed by atoms with E-state index in [-0.39, 0.29) is 11.8 Å². The molecular weight excluding hydrogens is 272 g/mol. The van der Waals surface area contributed by atoms with Gasteiger partial charge in [0.15, 0.2) is 0 Å². The molecule has 1 atom stereocenters. The van der Waals surface area contributed by atoms with E-state index in [1.807, 2.05) is 6.92 Å². The van der Waals surface area contributed by atoms with E-state index in [1.165, 1.54) is 16.3 Å². The smallest absolute Gasteiger partial charge is 0.223 e. The Morgan fingerprint density at radius 2 is 1.91 bits per heavy atom. The Morgan fingerprint density at radius 1 is 1.18 bits per heavy atom. The van der Waals surface area contributed by atoms with Crippen molar-refractivity contribution in [3.63, 3.8) is 0 Å². The largest absolute Gasteiger partial charge is 0.356 e. The number of fused-ring (bicyclic) bond motifs is 1. The second-order valence-electron chi connectivity index (χ2n) is 6.22. The molecule has 0 bridgehead atoms. The van der Waals surface area contributed by atoms with E-state index < -0.39 is 0 Å². The third-order valence-electron chi connectivity index (χ3n) is 4.64. The van der Waals surface area contributed by atoms with Gasteiger partial charge in [0.05, 0.1) is 0 Å². The predicted octanol–water partition coefficient (Wildman–Crippen LogP) is 3.41. The van der Waals surface area contributed by atoms with Crippen LogP contribution in [0.15, 0.2) is 42.5 Å². The second kappa shape index (κ2) is 6.49. The van der Waals surface area contributed by atoms with E-state index in [4.69, 9.17) is 0 Å². The zero-order valence-corrected chi connectivity index (χ0v) is 13.3. The summed E-state index contributed by atoms with van der Waals surface area (Å²) >= 11 is 0. The van der Waals surface area contributed by atoms with Gasteiger partial charge in [0.25, 0.3) is 0 Å². The van der Waals surface area contributed by atoms with Crippen molar-refractivity contribution in [2.45, 2.75) is 38.8 Å². The lowest BCUT2D eigenvalue weighted by atomic mass is 9.79. The molecular formula is C19H24N2O. The number of carbonyl (C=O) groups is 1. The van der Waals surface area contributed by atoms with Crippen LogP contribution in [0.4, 0.5) is 0 Å². The van der Waals surface area contributed by atoms with Crippen LogP contribution in [0.2, 0.25) is 0 Å². The Hall–Kier alpha value is -1.87. The molecule has 0 radical (unpaired) electrons. The number of hydrogen-bond acceptors (Lipinski definition) is 2. The first-order valence-electron chi connectivity index (χ1n) is 8.20. The van der Waals surface area contributed by atoms with E-state index in [2.05, 4.69) is 60.0 Å². The van der Waals surface area contributed by atoms with Gasteiger partial charge in [-0.05, 0) is 43.0 Å². The lowest BCUT2D eigenvalue weighted by molar-refractivity contribution is -0.128. The van der Waals surface area contributed by atoms with E-state index in [0.29, 0.717) is 12.1 Å². The molecule has 0 heterocycles. The Bertz CT molecular complexity index is 656. The minimum Gasteiger partial charge on any atom is -0.356 e. The quantitative estimate of drug-likeness (QED) is 0.888. The molecule has 2 N–H and O–H groups in total. The summed E-state index contributed by atoms with van der Waals surface area (Å²) in [5.41, 5.74) is 1.33. The number of hydrogen-bond donors (Lipinski definition) is 2. The van der Waals surface area contributed by atoms with Crippen molar-refractivity contribution in [3.8, 4) is 0 Å². The third-order valence-corrected chi connectivity index (χ3v) is 4.64. The van der Waals surface area contributed by atoms with Gasteiger partial charge in [-0.25, -0.2) is 0 Å². The maximum atomic E-state index is 11.8. The number of rotatable bonds is 5. The van der Waals surface area contributed by atoms with Crippen molar-refractivity contribution < 1.29 is 4.79 Å². The fourth-order valence-electron chi connectivity index (χ4n) is 3.36. The zero-order valence-electron chi connectivity index (χ0n) is 13.3. The maximum Gasteiger partial charge on any atom is 0.223 e. The molecule has 3 rings (SSSR count). The fraction of sp³-hybridized carbons (Fsp3) is 0.421. The van der Waals surface area contributed by atoms with Crippen LogP contribution in [0, 0.1) is 5.92 Å². The van der Waals surface area contributed by atoms with Gasteiger partial charge in [0, 0.05) is 24.5 Å². The van der Waals surface area contributed by atoms with Crippen molar-refractivity contribution in [2.24, 2.45) is 5.92 Å². The molecule has 1 fully saturated rings. The monoisotopic (exact) mass is 296 g/mol. The molecule has 0 aliphatic heterocycles. The van der Waals surface area contributed by atoms with Crippen LogP contribution in [-0.2, 0) is 4.79 Å². The van der Waals surface area contributed by atoms with Crippen molar-refractivity contribution in [1.29, 1.82) is 0 Å². The first-order valence-corrected chi connectivity index (χ1v) is 8.20. The number of benzene rings is 2. The summed E-state index contributed by atoms with van der Waals surface area (Å²) in [6.07, 6.45) is 1.89. The van der Waals surface area contributed by atoms with Gasteiger partial charge in [0.1, 0.15) is 0 Å². The first-order chi connectivity index (χ1) is 10.7. The molecule has 2 aromatic carbocycles. The molecule has 3 nitrogen and oxygen atoms in total. The van der Waals surface area contributed by atoms with E-state index in [9.17, 15) is 4.79 Å². The molecule has 0 spiro atoms. The summed E-state index contributed by atoms with van der Waals surface area (Å²) in [5.74, 6) is 0.399. The first kappa shape index (κ1) is 15.0. The summed E-state index contributed by atoms with van der Waals surface area (Å²) in [4.78, 5) is 11.8. The standard InChI is InChI=1S/C19H24N2O/c1-3-20-19(22)15-11-16(12-15)21-13(2)17-10-6-8-14-7-4-5-9-18(14)17/h4-10,13,15-16,21H,3,11-12H2,1-2H3,(H,20,22). The summed E-state index contributed by atoms with van der Waals surface area (Å²) in [6, 6.07) is 15.7. The van der Waals surface area contributed by atoms with Crippen LogP contribution in [0.5, 0.6) is 0 Å². The average Bonchev–Trinajstić information content (AvgIpc) is 2.49. The average molecular weight is 296 g/mol. The molecule has 0 aromatic heterocycles. The van der Waals surface area contributed by atoms with Crippen LogP contribution in [0.1, 0.15) is 38.3 Å². The Labute approximate surface area is 132 Å². The van der Waals surface area contributed by atoms with E-state index in [1.54, 1.807) is 0 Å². The summed E-state index contributed by atoms with van der Waals surface area (Å²) in [7, 11) is 0. The molecule has 22 heavy (non-hydrogen) atoms. The molecule has 0 saturated heterocycles. The molecule has 1 aliphatic rings. The molecule has 2 aromatic rings. The number of nitrogens with one attached hydrogen (secondary N) is 2. The summed E-state index contributed by atoms with van der Waals surface area (Å²) in [5, 5.41) is 9.17. The van der Waals surface area contributed by atoms with Gasteiger partial charge in [-0.1, -0.05) is 42.5 Å². The van der Waals surface area contributed by atoms with Gasteiger partial charge in [-0.2, -0.15) is 0 Å². The molecule has 1 aliphatic carbocycles. The lowest BCUT2D eigenvalue weighted by Gasteiger charge is -2.37. The molecule has 1 amide bonds. The fourth-order valence-corrected chi connectivity index (χ4v) is 3.36. The van der Waals surface area contributed by atoms with Crippen molar-refractivity contribution in [2.75, 3.05) is 6.54 Å². The normalized spacial score (nSPS) is 22.1. The van der Waals surface area contributed by atoms with Crippen LogP contribution in [0.3, 0.4) is 0 Å². The number of amides is 1. The molecule has 116 valence electrons. The van der Waals surface area contributed by atoms with Gasteiger partial charge >= 0.3 is 0 Å². The minimum atomic E-state index is 0.192. The van der Waals surface area contributed by atoms with Crippen molar-refractivity contribution >= 4 is 16.7 Å². The summed E-state index contributed by atoms with van der Waals surface area (Å²) in [6.45, 7) is 4.90.